The number of halogens is 4. The highest BCUT2D eigenvalue weighted by Gasteiger charge is 2.34. The standard InChI is InChI=1S/C16H18ClFN4O3S.C12H14ClFN2O/c1-21-9-15(19-10-21)26(24,25)22-6-2-3-11(8-22)16(23)20-12-4-5-13(17)14(18)7-12;13-10-4-3-9(6-11(10)14)16-12(17)8-2-1-5-15-7-8/h4-5,7,9-11H,2-3,6,8H2,1H3,(H,20,23);3-4,6,8,15H,1-2,5,7H2,(H,16,17)/t11-;8-/m00/s1. The van der Waals surface area contributed by atoms with Gasteiger partial charge >= 0.3 is 0 Å². The number of aryl methyl sites for hydroxylation is 1. The van der Waals surface area contributed by atoms with Crippen molar-refractivity contribution in [1.29, 1.82) is 0 Å². The third-order valence-corrected chi connectivity index (χ3v) is 9.45. The van der Waals surface area contributed by atoms with E-state index in [1.807, 2.05) is 0 Å². The van der Waals surface area contributed by atoms with Crippen LogP contribution in [0.2, 0.25) is 10.0 Å². The first-order valence-corrected chi connectivity index (χ1v) is 15.8. The van der Waals surface area contributed by atoms with E-state index in [1.165, 1.54) is 41.1 Å². The third kappa shape index (κ3) is 8.73. The number of piperidine rings is 2. The molecule has 0 bridgehead atoms. The number of carbonyl (C=O) groups is 2. The lowest BCUT2D eigenvalue weighted by Gasteiger charge is -2.30. The molecule has 3 aromatic rings. The van der Waals surface area contributed by atoms with Crippen LogP contribution in [0.4, 0.5) is 20.2 Å². The largest absolute Gasteiger partial charge is 0.339 e. The monoisotopic (exact) mass is 656 g/mol. The third-order valence-electron chi connectivity index (χ3n) is 7.08. The number of rotatable bonds is 6. The van der Waals surface area contributed by atoms with E-state index in [0.29, 0.717) is 31.6 Å². The number of hydrogen-bond acceptors (Lipinski definition) is 6. The number of benzene rings is 2. The molecule has 0 aliphatic carbocycles. The maximum absolute atomic E-state index is 13.5. The van der Waals surface area contributed by atoms with Crippen LogP contribution in [0.1, 0.15) is 25.7 Å². The quantitative estimate of drug-likeness (QED) is 0.354. The fourth-order valence-corrected chi connectivity index (χ4v) is 6.47. The lowest BCUT2D eigenvalue weighted by molar-refractivity contribution is -0.121. The van der Waals surface area contributed by atoms with E-state index in [2.05, 4.69) is 20.9 Å². The van der Waals surface area contributed by atoms with Gasteiger partial charge < -0.3 is 20.5 Å². The second-order valence-corrected chi connectivity index (χ2v) is 13.1. The minimum Gasteiger partial charge on any atom is -0.339 e. The fraction of sp³-hybridized carbons (Fsp3) is 0.393. The minimum atomic E-state index is -3.75. The number of hydrogen-bond donors (Lipinski definition) is 3. The Kier molecular flexibility index (Phi) is 11.1. The molecule has 0 radical (unpaired) electrons. The molecule has 3 heterocycles. The predicted octanol–water partition coefficient (Wildman–Crippen LogP) is 4.67. The number of nitrogens with one attached hydrogen (secondary N) is 3. The summed E-state index contributed by atoms with van der Waals surface area (Å²) in [6.07, 6.45) is 5.81. The highest BCUT2D eigenvalue weighted by Crippen LogP contribution is 2.25. The molecule has 43 heavy (non-hydrogen) atoms. The summed E-state index contributed by atoms with van der Waals surface area (Å²) in [6, 6.07) is 8.24. The van der Waals surface area contributed by atoms with Crippen LogP contribution in [0.3, 0.4) is 0 Å². The molecular weight excluding hydrogens is 625 g/mol. The van der Waals surface area contributed by atoms with Gasteiger partial charge in [-0.25, -0.2) is 22.2 Å². The topological polar surface area (TPSA) is 125 Å². The van der Waals surface area contributed by atoms with Crippen molar-refractivity contribution in [3.63, 3.8) is 0 Å². The van der Waals surface area contributed by atoms with Crippen LogP contribution in [0, 0.1) is 23.5 Å². The Bertz CT molecular complexity index is 1570. The van der Waals surface area contributed by atoms with E-state index in [4.69, 9.17) is 23.2 Å². The van der Waals surface area contributed by atoms with Gasteiger partial charge in [0.2, 0.25) is 11.8 Å². The maximum atomic E-state index is 13.5. The first kappa shape index (κ1) is 32.8. The van der Waals surface area contributed by atoms with E-state index in [-0.39, 0.29) is 45.0 Å². The van der Waals surface area contributed by atoms with Gasteiger partial charge in [0.25, 0.3) is 10.0 Å². The molecule has 3 N–H and O–H groups in total. The SMILES string of the molecule is Cn1cnc(S(=O)(=O)N2CCC[C@H](C(=O)Nc3ccc(Cl)c(F)c3)C2)c1.O=C(Nc1ccc(Cl)c(F)c1)[C@H]1CCCNC1. The lowest BCUT2D eigenvalue weighted by atomic mass is 9.99. The molecule has 1 aromatic heterocycles. The lowest BCUT2D eigenvalue weighted by Crippen LogP contribution is -2.43. The smallest absolute Gasteiger partial charge is 0.262 e. The van der Waals surface area contributed by atoms with Gasteiger partial charge in [-0.05, 0) is 68.6 Å². The van der Waals surface area contributed by atoms with Gasteiger partial charge in [-0.1, -0.05) is 23.2 Å². The molecule has 2 saturated heterocycles. The second kappa shape index (κ2) is 14.6. The zero-order chi connectivity index (χ0) is 31.1. The van der Waals surface area contributed by atoms with Gasteiger partial charge in [-0.2, -0.15) is 4.31 Å². The van der Waals surface area contributed by atoms with Crippen molar-refractivity contribution in [3.8, 4) is 0 Å². The Morgan fingerprint density at radius 1 is 0.953 bits per heavy atom. The zero-order valence-electron chi connectivity index (χ0n) is 23.3. The average molecular weight is 658 g/mol. The molecule has 0 spiro atoms. The molecule has 2 aliphatic rings. The Hall–Kier alpha value is -3.10. The van der Waals surface area contributed by atoms with Crippen molar-refractivity contribution >= 4 is 56.4 Å². The van der Waals surface area contributed by atoms with Crippen LogP contribution in [0.25, 0.3) is 0 Å². The van der Waals surface area contributed by atoms with Crippen LogP contribution < -0.4 is 16.0 Å². The molecule has 232 valence electrons. The fourth-order valence-electron chi connectivity index (χ4n) is 4.74. The molecule has 15 heteroatoms. The molecule has 2 atom stereocenters. The summed E-state index contributed by atoms with van der Waals surface area (Å²) in [5.41, 5.74) is 0.726. The first-order valence-electron chi connectivity index (χ1n) is 13.6. The number of carbonyl (C=O) groups excluding carboxylic acids is 2. The van der Waals surface area contributed by atoms with Crippen LogP contribution in [-0.2, 0) is 26.7 Å². The van der Waals surface area contributed by atoms with E-state index in [1.54, 1.807) is 17.7 Å². The Morgan fingerprint density at radius 2 is 1.53 bits per heavy atom. The Labute approximate surface area is 258 Å². The molecule has 0 saturated carbocycles. The molecule has 10 nitrogen and oxygen atoms in total. The number of sulfonamides is 1. The summed E-state index contributed by atoms with van der Waals surface area (Å²) in [6.45, 7) is 2.03. The molecule has 5 rings (SSSR count). The molecule has 2 aromatic carbocycles. The minimum absolute atomic E-state index is 0.0340. The average Bonchev–Trinajstić information content (AvgIpc) is 3.45. The highest BCUT2D eigenvalue weighted by molar-refractivity contribution is 7.89. The van der Waals surface area contributed by atoms with Crippen molar-refractivity contribution in [2.24, 2.45) is 18.9 Å². The number of aromatic nitrogens is 2. The van der Waals surface area contributed by atoms with Gasteiger partial charge in [0.05, 0.1) is 28.2 Å². The number of imidazole rings is 1. The molecule has 2 aliphatic heterocycles. The van der Waals surface area contributed by atoms with Crippen molar-refractivity contribution in [3.05, 3.63) is 70.6 Å². The van der Waals surface area contributed by atoms with Crippen molar-refractivity contribution in [2.75, 3.05) is 36.8 Å². The van der Waals surface area contributed by atoms with Crippen LogP contribution in [0.15, 0.2) is 53.9 Å². The molecule has 2 amide bonds. The summed E-state index contributed by atoms with van der Waals surface area (Å²) in [7, 11) is -2.06. The highest BCUT2D eigenvalue weighted by atomic mass is 35.5. The predicted molar refractivity (Wildman–Crippen MR) is 160 cm³/mol. The van der Waals surface area contributed by atoms with E-state index < -0.39 is 27.6 Å². The van der Waals surface area contributed by atoms with Gasteiger partial charge in [0, 0.05) is 44.3 Å². The summed E-state index contributed by atoms with van der Waals surface area (Å²) in [4.78, 5) is 28.2. The summed E-state index contributed by atoms with van der Waals surface area (Å²) in [5, 5.41) is 8.47. The molecule has 0 unspecified atom stereocenters. The van der Waals surface area contributed by atoms with Crippen LogP contribution in [0.5, 0.6) is 0 Å². The number of anilines is 2. The second-order valence-electron chi connectivity index (χ2n) is 10.4. The number of nitrogens with zero attached hydrogens (tertiary/aromatic N) is 3. The summed E-state index contributed by atoms with van der Waals surface area (Å²) in [5.74, 6) is -2.14. The van der Waals surface area contributed by atoms with E-state index in [9.17, 15) is 26.8 Å². The van der Waals surface area contributed by atoms with Gasteiger partial charge in [0.1, 0.15) is 11.6 Å². The number of amides is 2. The first-order chi connectivity index (χ1) is 20.4. The van der Waals surface area contributed by atoms with Crippen molar-refractivity contribution in [1.82, 2.24) is 19.2 Å². The normalized spacial score (nSPS) is 19.2. The molecular formula is C28H32Cl2F2N6O4S. The molecule has 2 fully saturated rings. The van der Waals surface area contributed by atoms with Gasteiger partial charge in [0.15, 0.2) is 5.03 Å². The van der Waals surface area contributed by atoms with Crippen molar-refractivity contribution in [2.45, 2.75) is 30.7 Å². The Balaban J connectivity index is 0.000000215. The van der Waals surface area contributed by atoms with E-state index in [0.717, 1.165) is 25.5 Å². The summed E-state index contributed by atoms with van der Waals surface area (Å²) < 4.78 is 54.8. The van der Waals surface area contributed by atoms with Gasteiger partial charge in [-0.3, -0.25) is 9.59 Å². The van der Waals surface area contributed by atoms with Crippen LogP contribution >= 0.6 is 23.2 Å². The van der Waals surface area contributed by atoms with Gasteiger partial charge in [-0.15, -0.1) is 0 Å². The zero-order valence-corrected chi connectivity index (χ0v) is 25.7. The summed E-state index contributed by atoms with van der Waals surface area (Å²) >= 11 is 11.2. The van der Waals surface area contributed by atoms with Crippen molar-refractivity contribution < 1.29 is 26.8 Å². The van der Waals surface area contributed by atoms with E-state index >= 15 is 0 Å². The maximum Gasteiger partial charge on any atom is 0.262 e. The Morgan fingerprint density at radius 3 is 2.05 bits per heavy atom. The van der Waals surface area contributed by atoms with Crippen LogP contribution in [-0.4, -0.2) is 60.3 Å².